The third kappa shape index (κ3) is 3.77. The van der Waals surface area contributed by atoms with E-state index in [-0.39, 0.29) is 11.3 Å². The van der Waals surface area contributed by atoms with E-state index in [0.717, 1.165) is 54.5 Å². The number of benzene rings is 2. The van der Waals surface area contributed by atoms with E-state index in [0.29, 0.717) is 12.1 Å². The van der Waals surface area contributed by atoms with Gasteiger partial charge in [-0.2, -0.15) is 0 Å². The number of amides is 1. The lowest BCUT2D eigenvalue weighted by atomic mass is 9.70. The van der Waals surface area contributed by atoms with Gasteiger partial charge in [-0.1, -0.05) is 23.7 Å². The van der Waals surface area contributed by atoms with E-state index in [1.807, 2.05) is 36.4 Å². The molecule has 0 aliphatic carbocycles. The molecule has 3 N–H and O–H groups in total. The van der Waals surface area contributed by atoms with E-state index >= 15 is 0 Å². The summed E-state index contributed by atoms with van der Waals surface area (Å²) in [6.07, 6.45) is 2.95. The average Bonchev–Trinajstić information content (AvgIpc) is 2.72. The van der Waals surface area contributed by atoms with Crippen LogP contribution in [-0.2, 0) is 13.0 Å². The molecule has 5 nitrogen and oxygen atoms in total. The number of anilines is 1. The van der Waals surface area contributed by atoms with Crippen LogP contribution in [0, 0.1) is 5.41 Å². The Hall–Kier alpha value is -2.37. The number of amidine groups is 1. The van der Waals surface area contributed by atoms with Crippen LogP contribution >= 0.6 is 11.6 Å². The molecule has 146 valence electrons. The summed E-state index contributed by atoms with van der Waals surface area (Å²) in [6, 6.07) is 13.7. The zero-order valence-corrected chi connectivity index (χ0v) is 16.8. The molecule has 1 spiro atoms. The molecule has 0 bridgehead atoms. The van der Waals surface area contributed by atoms with Crippen molar-refractivity contribution in [3.63, 3.8) is 0 Å². The standard InChI is InChI=1S/C22H25ClN4O/c1-24-20(28)16-5-6-19-17(12-16)13-22(7-9-25-10-8-22)21(27-19)26-14-15-3-2-4-18(23)11-15/h2-6,11-12,25H,7-10,13-14H2,1H3,(H,24,28)(H,26,27). The predicted octanol–water partition coefficient (Wildman–Crippen LogP) is 3.64. The lowest BCUT2D eigenvalue weighted by Crippen LogP contribution is -2.48. The number of nitrogens with zero attached hydrogens (tertiary/aromatic N) is 1. The van der Waals surface area contributed by atoms with Crippen LogP contribution in [0.2, 0.25) is 5.02 Å². The van der Waals surface area contributed by atoms with Crippen LogP contribution in [0.4, 0.5) is 5.69 Å². The van der Waals surface area contributed by atoms with Crippen LogP contribution in [0.5, 0.6) is 0 Å². The second kappa shape index (κ2) is 7.94. The largest absolute Gasteiger partial charge is 0.355 e. The predicted molar refractivity (Wildman–Crippen MR) is 114 cm³/mol. The summed E-state index contributed by atoms with van der Waals surface area (Å²) in [5.74, 6) is 0.997. The first kappa shape index (κ1) is 19.0. The number of fused-ring (bicyclic) bond motifs is 1. The lowest BCUT2D eigenvalue weighted by molar-refractivity contribution is 0.0963. The van der Waals surface area contributed by atoms with Crippen molar-refractivity contribution in [3.8, 4) is 0 Å². The van der Waals surface area contributed by atoms with Crippen molar-refractivity contribution in [1.82, 2.24) is 10.6 Å². The van der Waals surface area contributed by atoms with Crippen molar-refractivity contribution in [2.75, 3.05) is 25.5 Å². The summed E-state index contributed by atoms with van der Waals surface area (Å²) in [5, 5.41) is 10.5. The van der Waals surface area contributed by atoms with Crippen LogP contribution in [0.15, 0.2) is 47.5 Å². The molecule has 4 rings (SSSR count). The van der Waals surface area contributed by atoms with Crippen LogP contribution in [0.3, 0.4) is 0 Å². The van der Waals surface area contributed by atoms with Gasteiger partial charge in [0, 0.05) is 28.7 Å². The third-order valence-corrected chi connectivity index (χ3v) is 5.98. The number of hydrogen-bond acceptors (Lipinski definition) is 3. The molecule has 1 fully saturated rings. The molecule has 2 aromatic rings. The van der Waals surface area contributed by atoms with Gasteiger partial charge in [0.2, 0.25) is 0 Å². The highest BCUT2D eigenvalue weighted by molar-refractivity contribution is 6.30. The number of carbonyl (C=O) groups is 1. The van der Waals surface area contributed by atoms with Crippen molar-refractivity contribution >= 4 is 29.0 Å². The zero-order chi connectivity index (χ0) is 19.6. The smallest absolute Gasteiger partial charge is 0.251 e. The van der Waals surface area contributed by atoms with E-state index in [9.17, 15) is 4.79 Å². The summed E-state index contributed by atoms with van der Waals surface area (Å²) in [6.45, 7) is 2.55. The van der Waals surface area contributed by atoms with Gasteiger partial charge >= 0.3 is 0 Å². The molecule has 1 amide bonds. The Bertz CT molecular complexity index is 919. The van der Waals surface area contributed by atoms with Crippen molar-refractivity contribution < 1.29 is 4.79 Å². The highest BCUT2D eigenvalue weighted by atomic mass is 35.5. The van der Waals surface area contributed by atoms with Crippen molar-refractivity contribution in [1.29, 1.82) is 0 Å². The fourth-order valence-electron chi connectivity index (χ4n) is 4.19. The third-order valence-electron chi connectivity index (χ3n) is 5.75. The van der Waals surface area contributed by atoms with Gasteiger partial charge in [0.05, 0.1) is 6.54 Å². The van der Waals surface area contributed by atoms with E-state index in [2.05, 4.69) is 22.0 Å². The number of rotatable bonds is 3. The summed E-state index contributed by atoms with van der Waals surface area (Å²) in [5.41, 5.74) is 4.02. The second-order valence-electron chi connectivity index (χ2n) is 7.58. The molecule has 1 saturated heterocycles. The van der Waals surface area contributed by atoms with Gasteiger partial charge in [-0.05, 0) is 73.8 Å². The average molecular weight is 397 g/mol. The molecule has 2 heterocycles. The zero-order valence-electron chi connectivity index (χ0n) is 16.0. The maximum Gasteiger partial charge on any atom is 0.251 e. The maximum atomic E-state index is 12.0. The molecule has 2 aliphatic rings. The number of nitrogens with one attached hydrogen (secondary N) is 3. The fourth-order valence-corrected chi connectivity index (χ4v) is 4.40. The van der Waals surface area contributed by atoms with Gasteiger partial charge in [0.25, 0.3) is 5.91 Å². The number of carbonyl (C=O) groups excluding carboxylic acids is 1. The molecule has 2 aliphatic heterocycles. The van der Waals surface area contributed by atoms with Gasteiger partial charge in [-0.25, -0.2) is 0 Å². The van der Waals surface area contributed by atoms with Gasteiger partial charge in [-0.15, -0.1) is 0 Å². The number of halogens is 1. The molecule has 0 atom stereocenters. The van der Waals surface area contributed by atoms with Gasteiger partial charge in [0.1, 0.15) is 5.84 Å². The summed E-state index contributed by atoms with van der Waals surface area (Å²) in [4.78, 5) is 17.0. The molecule has 28 heavy (non-hydrogen) atoms. The highest BCUT2D eigenvalue weighted by Gasteiger charge is 2.41. The normalized spacial score (nSPS) is 19.1. The van der Waals surface area contributed by atoms with Crippen LogP contribution in [0.1, 0.15) is 34.3 Å². The van der Waals surface area contributed by atoms with Gasteiger partial charge in [0.15, 0.2) is 0 Å². The first-order chi connectivity index (χ1) is 13.6. The molecule has 6 heteroatoms. The van der Waals surface area contributed by atoms with E-state index < -0.39 is 0 Å². The Morgan fingerprint density at radius 3 is 2.79 bits per heavy atom. The Morgan fingerprint density at radius 2 is 2.04 bits per heavy atom. The Morgan fingerprint density at radius 1 is 1.21 bits per heavy atom. The number of hydrogen-bond donors (Lipinski definition) is 3. The van der Waals surface area contributed by atoms with Crippen LogP contribution < -0.4 is 16.0 Å². The first-order valence-corrected chi connectivity index (χ1v) is 10.1. The quantitative estimate of drug-likeness (QED) is 0.742. The second-order valence-corrected chi connectivity index (χ2v) is 8.01. The minimum Gasteiger partial charge on any atom is -0.355 e. The van der Waals surface area contributed by atoms with Crippen LogP contribution in [0.25, 0.3) is 0 Å². The first-order valence-electron chi connectivity index (χ1n) is 9.72. The SMILES string of the molecule is CNC(=O)c1ccc2c(c1)CC1(CCNCC1)C(=NCc1cccc(Cl)c1)N2. The number of aliphatic imine (C=N–C) groups is 1. The molecular weight excluding hydrogens is 372 g/mol. The van der Waals surface area contributed by atoms with Gasteiger partial charge in [-0.3, -0.25) is 9.79 Å². The Kier molecular flexibility index (Phi) is 5.38. The summed E-state index contributed by atoms with van der Waals surface area (Å²) in [7, 11) is 1.66. The summed E-state index contributed by atoms with van der Waals surface area (Å²) < 4.78 is 0. The van der Waals surface area contributed by atoms with E-state index in [1.165, 1.54) is 5.56 Å². The molecule has 2 aromatic carbocycles. The van der Waals surface area contributed by atoms with Crippen LogP contribution in [-0.4, -0.2) is 31.9 Å². The number of piperidine rings is 1. The topological polar surface area (TPSA) is 65.5 Å². The van der Waals surface area contributed by atoms with Crippen molar-refractivity contribution in [2.24, 2.45) is 10.4 Å². The summed E-state index contributed by atoms with van der Waals surface area (Å²) >= 11 is 6.12. The fraction of sp³-hybridized carbons (Fsp3) is 0.364. The molecule has 0 aromatic heterocycles. The molecule has 0 unspecified atom stereocenters. The Balaban J connectivity index is 1.67. The highest BCUT2D eigenvalue weighted by Crippen LogP contribution is 2.41. The minimum atomic E-state index is -0.0532. The van der Waals surface area contributed by atoms with Crippen molar-refractivity contribution in [2.45, 2.75) is 25.8 Å². The van der Waals surface area contributed by atoms with E-state index in [4.69, 9.17) is 16.6 Å². The molecule has 0 radical (unpaired) electrons. The molecule has 0 saturated carbocycles. The van der Waals surface area contributed by atoms with Crippen molar-refractivity contribution in [3.05, 3.63) is 64.2 Å². The Labute approximate surface area is 170 Å². The van der Waals surface area contributed by atoms with E-state index in [1.54, 1.807) is 7.05 Å². The maximum absolute atomic E-state index is 12.0. The minimum absolute atomic E-state index is 0.0157. The van der Waals surface area contributed by atoms with Gasteiger partial charge < -0.3 is 16.0 Å². The lowest BCUT2D eigenvalue weighted by Gasteiger charge is -2.43. The monoisotopic (exact) mass is 396 g/mol. The molecular formula is C22H25ClN4O.